The van der Waals surface area contributed by atoms with Gasteiger partial charge in [0.25, 0.3) is 0 Å². The molecule has 1 aliphatic rings. The number of aromatic amines is 1. The number of nitrogens with zero attached hydrogens (tertiary/aromatic N) is 2. The second-order valence-corrected chi connectivity index (χ2v) is 3.65. The summed E-state index contributed by atoms with van der Waals surface area (Å²) in [5.41, 5.74) is 5.56. The lowest BCUT2D eigenvalue weighted by Crippen LogP contribution is -2.17. The molecule has 14 heavy (non-hydrogen) atoms. The lowest BCUT2D eigenvalue weighted by Gasteiger charge is -2.20. The smallest absolute Gasteiger partial charge is 0.224 e. The van der Waals surface area contributed by atoms with E-state index in [2.05, 4.69) is 15.0 Å². The Balaban J connectivity index is 2.26. The number of nitrogen functional groups attached to an aromatic ring is 1. The van der Waals surface area contributed by atoms with Crippen LogP contribution in [0.15, 0.2) is 0 Å². The summed E-state index contributed by atoms with van der Waals surface area (Å²) in [6.07, 6.45) is 1.92. The summed E-state index contributed by atoms with van der Waals surface area (Å²) < 4.78 is 5.58. The molecule has 2 heterocycles. The molecule has 0 radical (unpaired) electrons. The van der Waals surface area contributed by atoms with Crippen LogP contribution in [0.5, 0.6) is 0 Å². The van der Waals surface area contributed by atoms with Crippen LogP contribution in [-0.2, 0) is 4.74 Å². The van der Waals surface area contributed by atoms with Crippen LogP contribution in [-0.4, -0.2) is 28.2 Å². The maximum absolute atomic E-state index is 5.56. The highest BCUT2D eigenvalue weighted by Crippen LogP contribution is 2.23. The van der Waals surface area contributed by atoms with Gasteiger partial charge in [-0.1, -0.05) is 0 Å². The lowest BCUT2D eigenvalue weighted by molar-refractivity contribution is 0.0835. The Kier molecular flexibility index (Phi) is 2.74. The molecule has 1 aromatic heterocycles. The molecule has 0 saturated carbocycles. The van der Waals surface area contributed by atoms with Gasteiger partial charge in [-0.05, 0) is 25.1 Å². The van der Waals surface area contributed by atoms with Crippen molar-refractivity contribution in [3.05, 3.63) is 10.6 Å². The molecule has 5 nitrogen and oxygen atoms in total. The highest BCUT2D eigenvalue weighted by atomic mass is 32.1. The minimum atomic E-state index is 0.308. The standard InChI is InChI=1S/C8H12N4OS/c9-7-10-6(11-8(14)12-7)5-1-3-13-4-2-5/h5H,1-4H2,(H3,9,10,11,12,14). The normalized spacial score (nSPS) is 18.3. The van der Waals surface area contributed by atoms with Crippen LogP contribution in [0.2, 0.25) is 0 Å². The highest BCUT2D eigenvalue weighted by molar-refractivity contribution is 7.71. The average molecular weight is 212 g/mol. The van der Waals surface area contributed by atoms with E-state index < -0.39 is 0 Å². The zero-order chi connectivity index (χ0) is 9.97. The number of H-pyrrole nitrogens is 1. The van der Waals surface area contributed by atoms with Crippen molar-refractivity contribution in [3.63, 3.8) is 0 Å². The molecule has 0 atom stereocenters. The Morgan fingerprint density at radius 2 is 2.07 bits per heavy atom. The number of ether oxygens (including phenoxy) is 1. The third-order valence-corrected chi connectivity index (χ3v) is 2.48. The molecule has 6 heteroatoms. The molecule has 0 amide bonds. The van der Waals surface area contributed by atoms with Crippen LogP contribution < -0.4 is 5.73 Å². The van der Waals surface area contributed by atoms with E-state index in [0.29, 0.717) is 16.6 Å². The maximum Gasteiger partial charge on any atom is 0.224 e. The summed E-state index contributed by atoms with van der Waals surface area (Å²) in [7, 11) is 0. The molecule has 0 bridgehead atoms. The van der Waals surface area contributed by atoms with Crippen molar-refractivity contribution < 1.29 is 4.74 Å². The first-order chi connectivity index (χ1) is 6.75. The average Bonchev–Trinajstić information content (AvgIpc) is 2.18. The summed E-state index contributed by atoms with van der Waals surface area (Å²) >= 11 is 4.90. The first kappa shape index (κ1) is 9.54. The summed E-state index contributed by atoms with van der Waals surface area (Å²) in [5, 5.41) is 0. The molecule has 0 aliphatic carbocycles. The van der Waals surface area contributed by atoms with Gasteiger partial charge in [-0.25, -0.2) is 4.98 Å². The summed E-state index contributed by atoms with van der Waals surface area (Å²) in [6, 6.07) is 0. The van der Waals surface area contributed by atoms with Crippen LogP contribution in [0.4, 0.5) is 5.95 Å². The summed E-state index contributed by atoms with van der Waals surface area (Å²) in [4.78, 5) is 10.9. The first-order valence-corrected chi connectivity index (χ1v) is 4.98. The van der Waals surface area contributed by atoms with Gasteiger partial charge in [0, 0.05) is 19.1 Å². The van der Waals surface area contributed by atoms with Crippen molar-refractivity contribution in [2.24, 2.45) is 0 Å². The Bertz CT molecular complexity index is 372. The highest BCUT2D eigenvalue weighted by Gasteiger charge is 2.18. The predicted octanol–water partition coefficient (Wildman–Crippen LogP) is 1.01. The van der Waals surface area contributed by atoms with Gasteiger partial charge in [-0.15, -0.1) is 0 Å². The van der Waals surface area contributed by atoms with Crippen molar-refractivity contribution in [3.8, 4) is 0 Å². The third-order valence-electron chi connectivity index (χ3n) is 2.30. The molecule has 1 fully saturated rings. The van der Waals surface area contributed by atoms with Gasteiger partial charge < -0.3 is 15.5 Å². The van der Waals surface area contributed by atoms with Crippen molar-refractivity contribution in [2.45, 2.75) is 18.8 Å². The van der Waals surface area contributed by atoms with Gasteiger partial charge in [0.1, 0.15) is 5.82 Å². The number of rotatable bonds is 1. The quantitative estimate of drug-likeness (QED) is 0.679. The van der Waals surface area contributed by atoms with Crippen molar-refractivity contribution in [1.82, 2.24) is 15.0 Å². The second-order valence-electron chi connectivity index (χ2n) is 3.29. The lowest BCUT2D eigenvalue weighted by atomic mass is 10.00. The summed E-state index contributed by atoms with van der Waals surface area (Å²) in [5.74, 6) is 1.55. The Hall–Kier alpha value is -1.01. The Morgan fingerprint density at radius 1 is 1.36 bits per heavy atom. The van der Waals surface area contributed by atoms with Crippen molar-refractivity contribution in [2.75, 3.05) is 18.9 Å². The van der Waals surface area contributed by atoms with E-state index in [4.69, 9.17) is 22.7 Å². The van der Waals surface area contributed by atoms with Crippen LogP contribution in [0, 0.1) is 4.77 Å². The van der Waals surface area contributed by atoms with E-state index in [1.54, 1.807) is 0 Å². The molecule has 0 unspecified atom stereocenters. The van der Waals surface area contributed by atoms with Gasteiger partial charge in [0.05, 0.1) is 0 Å². The number of nitrogens with one attached hydrogen (secondary N) is 1. The molecule has 0 aromatic carbocycles. The minimum absolute atomic E-state index is 0.308. The van der Waals surface area contributed by atoms with Crippen LogP contribution in [0.1, 0.15) is 24.6 Å². The molecule has 76 valence electrons. The molecular formula is C8H12N4OS. The molecular weight excluding hydrogens is 200 g/mol. The molecule has 0 spiro atoms. The predicted molar refractivity (Wildman–Crippen MR) is 54.4 cm³/mol. The molecule has 1 aromatic rings. The number of anilines is 1. The minimum Gasteiger partial charge on any atom is -0.381 e. The largest absolute Gasteiger partial charge is 0.381 e. The number of hydrogen-bond donors (Lipinski definition) is 2. The van der Waals surface area contributed by atoms with E-state index >= 15 is 0 Å². The Labute approximate surface area is 86.7 Å². The number of aromatic nitrogens is 3. The monoisotopic (exact) mass is 212 g/mol. The van der Waals surface area contributed by atoms with Crippen LogP contribution >= 0.6 is 12.2 Å². The zero-order valence-corrected chi connectivity index (χ0v) is 8.51. The van der Waals surface area contributed by atoms with E-state index in [1.807, 2.05) is 0 Å². The van der Waals surface area contributed by atoms with Crippen LogP contribution in [0.3, 0.4) is 0 Å². The summed E-state index contributed by atoms with van der Waals surface area (Å²) in [6.45, 7) is 1.55. The third kappa shape index (κ3) is 2.08. The van der Waals surface area contributed by atoms with Gasteiger partial charge >= 0.3 is 0 Å². The fraction of sp³-hybridized carbons (Fsp3) is 0.625. The van der Waals surface area contributed by atoms with E-state index in [0.717, 1.165) is 31.9 Å². The topological polar surface area (TPSA) is 76.8 Å². The van der Waals surface area contributed by atoms with Crippen molar-refractivity contribution in [1.29, 1.82) is 0 Å². The fourth-order valence-electron chi connectivity index (χ4n) is 1.58. The SMILES string of the molecule is Nc1nc(=S)nc(C2CCOCC2)[nH]1. The molecule has 1 saturated heterocycles. The van der Waals surface area contributed by atoms with Crippen LogP contribution in [0.25, 0.3) is 0 Å². The Morgan fingerprint density at radius 3 is 2.71 bits per heavy atom. The first-order valence-electron chi connectivity index (χ1n) is 4.57. The molecule has 1 aliphatic heterocycles. The van der Waals surface area contributed by atoms with Crippen molar-refractivity contribution >= 4 is 18.2 Å². The van der Waals surface area contributed by atoms with Gasteiger partial charge in [0.2, 0.25) is 10.7 Å². The second kappa shape index (κ2) is 4.02. The van der Waals surface area contributed by atoms with E-state index in [1.165, 1.54) is 0 Å². The van der Waals surface area contributed by atoms with E-state index in [-0.39, 0.29) is 0 Å². The fourth-order valence-corrected chi connectivity index (χ4v) is 1.78. The maximum atomic E-state index is 5.56. The molecule has 3 N–H and O–H groups in total. The zero-order valence-electron chi connectivity index (χ0n) is 7.69. The van der Waals surface area contributed by atoms with Gasteiger partial charge in [-0.2, -0.15) is 4.98 Å². The number of nitrogens with two attached hydrogens (primary N) is 1. The van der Waals surface area contributed by atoms with Gasteiger partial charge in [0.15, 0.2) is 0 Å². The van der Waals surface area contributed by atoms with Gasteiger partial charge in [-0.3, -0.25) is 0 Å². The van der Waals surface area contributed by atoms with E-state index in [9.17, 15) is 0 Å². The molecule has 2 rings (SSSR count). The number of hydrogen-bond acceptors (Lipinski definition) is 5.